The zero-order valence-corrected chi connectivity index (χ0v) is 15.3. The molecule has 1 aliphatic rings. The van der Waals surface area contributed by atoms with Crippen LogP contribution in [0.2, 0.25) is 0 Å². The number of benzene rings is 1. The van der Waals surface area contributed by atoms with E-state index in [0.717, 1.165) is 24.8 Å². The number of H-pyrrole nitrogens is 1. The smallest absolute Gasteiger partial charge is 0.223 e. The Kier molecular flexibility index (Phi) is 6.28. The number of aromatic nitrogens is 1. The van der Waals surface area contributed by atoms with Gasteiger partial charge in [-0.05, 0) is 30.9 Å². The maximum Gasteiger partial charge on any atom is 0.223 e. The molecule has 2 N–H and O–H groups in total. The molecule has 0 bridgehead atoms. The average Bonchev–Trinajstić information content (AvgIpc) is 3.08. The van der Waals surface area contributed by atoms with Crippen LogP contribution in [-0.4, -0.2) is 54.5 Å². The lowest BCUT2D eigenvalue weighted by atomic mass is 9.99. The lowest BCUT2D eigenvalue weighted by molar-refractivity contribution is -0.131. The molecule has 1 aliphatic heterocycles. The monoisotopic (exact) mass is 357 g/mol. The molecule has 2 aromatic rings. The molecule has 6 nitrogen and oxygen atoms in total. The number of aromatic amines is 1. The molecule has 140 valence electrons. The fraction of sp³-hybridized carbons (Fsp3) is 0.500. The number of hydrogen-bond donors (Lipinski definition) is 2. The van der Waals surface area contributed by atoms with E-state index in [0.29, 0.717) is 32.8 Å². The van der Waals surface area contributed by atoms with Crippen LogP contribution in [-0.2, 0) is 20.7 Å². The summed E-state index contributed by atoms with van der Waals surface area (Å²) in [5.41, 5.74) is 2.32. The Bertz CT molecular complexity index is 750. The zero-order valence-electron chi connectivity index (χ0n) is 15.3. The van der Waals surface area contributed by atoms with Gasteiger partial charge in [-0.1, -0.05) is 18.2 Å². The molecule has 0 atom stereocenters. The van der Waals surface area contributed by atoms with Crippen LogP contribution in [0, 0.1) is 5.92 Å². The third kappa shape index (κ3) is 4.64. The van der Waals surface area contributed by atoms with Gasteiger partial charge >= 0.3 is 0 Å². The molecular formula is C20H27N3O3. The van der Waals surface area contributed by atoms with Gasteiger partial charge in [0, 0.05) is 62.8 Å². The number of nitrogens with one attached hydrogen (secondary N) is 2. The zero-order chi connectivity index (χ0) is 18.4. The van der Waals surface area contributed by atoms with Crippen LogP contribution < -0.4 is 5.32 Å². The molecule has 1 aromatic carbocycles. The Balaban J connectivity index is 1.48. The summed E-state index contributed by atoms with van der Waals surface area (Å²) < 4.78 is 5.29. The van der Waals surface area contributed by atoms with E-state index in [1.807, 2.05) is 24.4 Å². The molecule has 2 amide bonds. The Morgan fingerprint density at radius 1 is 1.23 bits per heavy atom. The van der Waals surface area contributed by atoms with Crippen molar-refractivity contribution in [1.29, 1.82) is 0 Å². The maximum absolute atomic E-state index is 12.2. The van der Waals surface area contributed by atoms with E-state index in [1.54, 1.807) is 11.8 Å². The molecule has 6 heteroatoms. The predicted octanol–water partition coefficient (Wildman–Crippen LogP) is 2.10. The van der Waals surface area contributed by atoms with Crippen LogP contribution >= 0.6 is 0 Å². The highest BCUT2D eigenvalue weighted by Gasteiger charge is 2.21. The second kappa shape index (κ2) is 8.85. The van der Waals surface area contributed by atoms with Crippen molar-refractivity contribution < 1.29 is 14.3 Å². The van der Waals surface area contributed by atoms with Crippen LogP contribution in [0.25, 0.3) is 10.9 Å². The molecule has 1 fully saturated rings. The van der Waals surface area contributed by atoms with Crippen molar-refractivity contribution in [3.8, 4) is 0 Å². The van der Waals surface area contributed by atoms with E-state index in [2.05, 4.69) is 16.4 Å². The van der Waals surface area contributed by atoms with Gasteiger partial charge in [-0.15, -0.1) is 0 Å². The minimum atomic E-state index is 0.0326. The van der Waals surface area contributed by atoms with Crippen molar-refractivity contribution in [3.05, 3.63) is 36.0 Å². The summed E-state index contributed by atoms with van der Waals surface area (Å²) in [5, 5.41) is 4.16. The number of carbonyl (C=O) groups is 2. The Morgan fingerprint density at radius 2 is 2.00 bits per heavy atom. The van der Waals surface area contributed by atoms with Gasteiger partial charge in [0.2, 0.25) is 11.8 Å². The molecule has 1 saturated heterocycles. The van der Waals surface area contributed by atoms with E-state index in [4.69, 9.17) is 4.74 Å². The van der Waals surface area contributed by atoms with Gasteiger partial charge in [0.05, 0.1) is 0 Å². The largest absolute Gasteiger partial charge is 0.381 e. The van der Waals surface area contributed by atoms with Gasteiger partial charge < -0.3 is 19.9 Å². The summed E-state index contributed by atoms with van der Waals surface area (Å²) in [4.78, 5) is 29.2. The molecule has 2 heterocycles. The summed E-state index contributed by atoms with van der Waals surface area (Å²) in [6.45, 7) is 4.56. The highest BCUT2D eigenvalue weighted by molar-refractivity contribution is 5.83. The Morgan fingerprint density at radius 3 is 2.77 bits per heavy atom. The second-order valence-electron chi connectivity index (χ2n) is 6.79. The van der Waals surface area contributed by atoms with Crippen molar-refractivity contribution in [3.63, 3.8) is 0 Å². The normalized spacial score (nSPS) is 15.1. The lowest BCUT2D eigenvalue weighted by Crippen LogP contribution is -2.41. The van der Waals surface area contributed by atoms with Crippen LogP contribution in [0.4, 0.5) is 0 Å². The van der Waals surface area contributed by atoms with Gasteiger partial charge in [-0.3, -0.25) is 9.59 Å². The van der Waals surface area contributed by atoms with Crippen LogP contribution in [0.3, 0.4) is 0 Å². The van der Waals surface area contributed by atoms with Gasteiger partial charge in [0.1, 0.15) is 0 Å². The molecule has 0 aliphatic carbocycles. The second-order valence-corrected chi connectivity index (χ2v) is 6.79. The summed E-state index contributed by atoms with van der Waals surface area (Å²) in [5.74, 6) is 0.152. The fourth-order valence-electron chi connectivity index (χ4n) is 3.44. The standard InChI is InChI=1S/C20H27N3O3/c1-15(24)23(11-9-21-20(25)16-7-12-26-13-8-16)10-6-17-14-22-19-5-3-2-4-18(17)19/h2-5,14,16,22H,6-13H2,1H3,(H,21,25). The fourth-order valence-corrected chi connectivity index (χ4v) is 3.44. The summed E-state index contributed by atoms with van der Waals surface area (Å²) in [6, 6.07) is 8.17. The molecule has 3 rings (SSSR count). The Hall–Kier alpha value is -2.34. The number of hydrogen-bond acceptors (Lipinski definition) is 3. The number of ether oxygens (including phenoxy) is 1. The summed E-state index contributed by atoms with van der Waals surface area (Å²) in [6.07, 6.45) is 4.36. The number of fused-ring (bicyclic) bond motifs is 1. The molecule has 26 heavy (non-hydrogen) atoms. The lowest BCUT2D eigenvalue weighted by Gasteiger charge is -2.24. The number of amides is 2. The van der Waals surface area contributed by atoms with E-state index >= 15 is 0 Å². The highest BCUT2D eigenvalue weighted by atomic mass is 16.5. The first-order valence-electron chi connectivity index (χ1n) is 9.31. The van der Waals surface area contributed by atoms with Gasteiger partial charge in [-0.25, -0.2) is 0 Å². The third-order valence-corrected chi connectivity index (χ3v) is 5.04. The number of rotatable bonds is 7. The first-order valence-corrected chi connectivity index (χ1v) is 9.31. The molecule has 0 saturated carbocycles. The van der Waals surface area contributed by atoms with Crippen molar-refractivity contribution in [1.82, 2.24) is 15.2 Å². The van der Waals surface area contributed by atoms with E-state index in [9.17, 15) is 9.59 Å². The average molecular weight is 357 g/mol. The topological polar surface area (TPSA) is 74.4 Å². The molecule has 0 unspecified atom stereocenters. The van der Waals surface area contributed by atoms with Gasteiger partial charge in [0.25, 0.3) is 0 Å². The first-order chi connectivity index (χ1) is 12.6. The van der Waals surface area contributed by atoms with Crippen molar-refractivity contribution in [2.24, 2.45) is 5.92 Å². The minimum Gasteiger partial charge on any atom is -0.381 e. The summed E-state index contributed by atoms with van der Waals surface area (Å²) in [7, 11) is 0. The highest BCUT2D eigenvalue weighted by Crippen LogP contribution is 2.18. The number of para-hydroxylation sites is 1. The van der Waals surface area contributed by atoms with E-state index in [1.165, 1.54) is 10.9 Å². The quantitative estimate of drug-likeness (QED) is 0.797. The van der Waals surface area contributed by atoms with Crippen molar-refractivity contribution >= 4 is 22.7 Å². The van der Waals surface area contributed by atoms with E-state index < -0.39 is 0 Å². The Labute approximate surface area is 153 Å². The predicted molar refractivity (Wildman–Crippen MR) is 101 cm³/mol. The molecule has 0 spiro atoms. The molecule has 0 radical (unpaired) electrons. The van der Waals surface area contributed by atoms with Crippen molar-refractivity contribution in [2.75, 3.05) is 32.8 Å². The molecular weight excluding hydrogens is 330 g/mol. The summed E-state index contributed by atoms with van der Waals surface area (Å²) >= 11 is 0. The van der Waals surface area contributed by atoms with E-state index in [-0.39, 0.29) is 17.7 Å². The van der Waals surface area contributed by atoms with Crippen LogP contribution in [0.5, 0.6) is 0 Å². The minimum absolute atomic E-state index is 0.0326. The third-order valence-electron chi connectivity index (χ3n) is 5.04. The SMILES string of the molecule is CC(=O)N(CCNC(=O)C1CCOCC1)CCc1c[nH]c2ccccc12. The maximum atomic E-state index is 12.2. The van der Waals surface area contributed by atoms with Crippen LogP contribution in [0.15, 0.2) is 30.5 Å². The van der Waals surface area contributed by atoms with Gasteiger partial charge in [-0.2, -0.15) is 0 Å². The molecule has 1 aromatic heterocycles. The number of carbonyl (C=O) groups excluding carboxylic acids is 2. The number of nitrogens with zero attached hydrogens (tertiary/aromatic N) is 1. The van der Waals surface area contributed by atoms with Crippen molar-refractivity contribution in [2.45, 2.75) is 26.2 Å². The van der Waals surface area contributed by atoms with Gasteiger partial charge in [0.15, 0.2) is 0 Å². The first kappa shape index (κ1) is 18.5. The van der Waals surface area contributed by atoms with Crippen LogP contribution in [0.1, 0.15) is 25.3 Å².